The first kappa shape index (κ1) is 16.9. The molecule has 0 bridgehead atoms. The van der Waals surface area contributed by atoms with E-state index < -0.39 is 26.6 Å². The van der Waals surface area contributed by atoms with E-state index in [9.17, 15) is 17.6 Å². The van der Waals surface area contributed by atoms with Gasteiger partial charge in [-0.15, -0.1) is 0 Å². The average molecular weight is 338 g/mol. The number of carbonyl (C=O) groups is 1. The lowest BCUT2D eigenvalue weighted by Crippen LogP contribution is -2.24. The summed E-state index contributed by atoms with van der Waals surface area (Å²) >= 11 is 0. The van der Waals surface area contributed by atoms with Crippen LogP contribution in [0.3, 0.4) is 0 Å². The van der Waals surface area contributed by atoms with Gasteiger partial charge >= 0.3 is 0 Å². The summed E-state index contributed by atoms with van der Waals surface area (Å²) in [5.41, 5.74) is 0.738. The number of nitrogens with two attached hydrogens (primary N) is 1. The van der Waals surface area contributed by atoms with Crippen LogP contribution in [0.1, 0.15) is 15.9 Å². The van der Waals surface area contributed by atoms with Gasteiger partial charge in [-0.3, -0.25) is 4.79 Å². The highest BCUT2D eigenvalue weighted by Crippen LogP contribution is 2.18. The second-order valence-electron chi connectivity index (χ2n) is 4.68. The van der Waals surface area contributed by atoms with Crippen molar-refractivity contribution < 1.29 is 22.3 Å². The zero-order valence-corrected chi connectivity index (χ0v) is 13.1. The summed E-state index contributed by atoms with van der Waals surface area (Å²) in [5.74, 6) is -0.952. The van der Waals surface area contributed by atoms with Crippen molar-refractivity contribution in [2.75, 3.05) is 7.11 Å². The van der Waals surface area contributed by atoms with E-state index in [2.05, 4.69) is 5.32 Å². The van der Waals surface area contributed by atoms with E-state index in [4.69, 9.17) is 9.88 Å². The average Bonchev–Trinajstić information content (AvgIpc) is 2.52. The van der Waals surface area contributed by atoms with Crippen LogP contribution >= 0.6 is 0 Å². The lowest BCUT2D eigenvalue weighted by Gasteiger charge is -2.10. The van der Waals surface area contributed by atoms with Crippen LogP contribution in [0, 0.1) is 5.82 Å². The number of ether oxygens (including phenoxy) is 1. The van der Waals surface area contributed by atoms with Gasteiger partial charge in [0.25, 0.3) is 5.91 Å². The third-order valence-corrected chi connectivity index (χ3v) is 4.06. The number of benzene rings is 2. The quantitative estimate of drug-likeness (QED) is 0.861. The maximum atomic E-state index is 13.5. The normalized spacial score (nSPS) is 11.1. The van der Waals surface area contributed by atoms with Crippen LogP contribution in [0.25, 0.3) is 0 Å². The molecule has 0 radical (unpaired) electrons. The minimum Gasteiger partial charge on any atom is -0.496 e. The SMILES string of the molecule is COc1ccccc1CNC(=O)c1ccc(F)c(S(N)(=O)=O)c1. The molecule has 6 nitrogen and oxygen atoms in total. The minimum absolute atomic E-state index is 0.00896. The van der Waals surface area contributed by atoms with Gasteiger partial charge in [-0.2, -0.15) is 0 Å². The fourth-order valence-electron chi connectivity index (χ4n) is 1.99. The maximum Gasteiger partial charge on any atom is 0.251 e. The molecule has 0 spiro atoms. The van der Waals surface area contributed by atoms with Crippen LogP contribution in [0.15, 0.2) is 47.4 Å². The third kappa shape index (κ3) is 4.05. The van der Waals surface area contributed by atoms with E-state index in [1.165, 1.54) is 13.2 Å². The van der Waals surface area contributed by atoms with Gasteiger partial charge in [-0.1, -0.05) is 18.2 Å². The number of carbonyl (C=O) groups excluding carboxylic acids is 1. The van der Waals surface area contributed by atoms with Gasteiger partial charge in [0.2, 0.25) is 10.0 Å². The predicted molar refractivity (Wildman–Crippen MR) is 81.9 cm³/mol. The molecule has 0 saturated heterocycles. The topological polar surface area (TPSA) is 98.5 Å². The molecule has 0 atom stereocenters. The van der Waals surface area contributed by atoms with Gasteiger partial charge in [0.15, 0.2) is 0 Å². The summed E-state index contributed by atoms with van der Waals surface area (Å²) in [7, 11) is -2.73. The van der Waals surface area contributed by atoms with Crippen molar-refractivity contribution in [1.29, 1.82) is 0 Å². The molecular weight excluding hydrogens is 323 g/mol. The van der Waals surface area contributed by atoms with Gasteiger partial charge in [-0.05, 0) is 24.3 Å². The van der Waals surface area contributed by atoms with Gasteiger partial charge < -0.3 is 10.1 Å². The summed E-state index contributed by atoms with van der Waals surface area (Å²) in [6, 6.07) is 10.1. The van der Waals surface area contributed by atoms with E-state index in [-0.39, 0.29) is 12.1 Å². The number of methoxy groups -OCH3 is 1. The Kier molecular flexibility index (Phi) is 4.97. The van der Waals surface area contributed by atoms with Crippen molar-refractivity contribution in [2.45, 2.75) is 11.4 Å². The highest BCUT2D eigenvalue weighted by molar-refractivity contribution is 7.89. The number of sulfonamides is 1. The minimum atomic E-state index is -4.24. The Labute approximate surface area is 133 Å². The molecule has 0 aliphatic rings. The molecule has 2 aromatic carbocycles. The summed E-state index contributed by atoms with van der Waals surface area (Å²) in [4.78, 5) is 11.4. The maximum absolute atomic E-state index is 13.5. The fourth-order valence-corrected chi connectivity index (χ4v) is 2.62. The number of halogens is 1. The zero-order valence-electron chi connectivity index (χ0n) is 12.2. The number of nitrogens with one attached hydrogen (secondary N) is 1. The Morgan fingerprint density at radius 3 is 2.61 bits per heavy atom. The summed E-state index contributed by atoms with van der Waals surface area (Å²) < 4.78 is 41.2. The van der Waals surface area contributed by atoms with Crippen LogP contribution in [0.2, 0.25) is 0 Å². The monoisotopic (exact) mass is 338 g/mol. The van der Waals surface area contributed by atoms with Crippen molar-refractivity contribution in [3.63, 3.8) is 0 Å². The Balaban J connectivity index is 2.19. The molecule has 8 heteroatoms. The second-order valence-corrected chi connectivity index (χ2v) is 6.21. The first-order valence-corrected chi connectivity index (χ1v) is 8.10. The van der Waals surface area contributed by atoms with Gasteiger partial charge in [0.1, 0.15) is 16.5 Å². The molecule has 122 valence electrons. The largest absolute Gasteiger partial charge is 0.496 e. The number of hydrogen-bond donors (Lipinski definition) is 2. The van der Waals surface area contributed by atoms with Crippen LogP contribution in [0.5, 0.6) is 5.75 Å². The molecule has 0 saturated carbocycles. The van der Waals surface area contributed by atoms with Crippen LogP contribution in [-0.2, 0) is 16.6 Å². The van der Waals surface area contributed by atoms with Crippen molar-refractivity contribution in [3.8, 4) is 5.75 Å². The van der Waals surface area contributed by atoms with E-state index in [0.717, 1.165) is 17.7 Å². The van der Waals surface area contributed by atoms with Crippen molar-refractivity contribution in [1.82, 2.24) is 5.32 Å². The Morgan fingerprint density at radius 2 is 1.96 bits per heavy atom. The van der Waals surface area contributed by atoms with Gasteiger partial charge in [-0.25, -0.2) is 17.9 Å². The van der Waals surface area contributed by atoms with E-state index >= 15 is 0 Å². The van der Waals surface area contributed by atoms with Crippen molar-refractivity contribution >= 4 is 15.9 Å². The molecule has 23 heavy (non-hydrogen) atoms. The summed E-state index contributed by atoms with van der Waals surface area (Å²) in [6.07, 6.45) is 0. The molecule has 0 heterocycles. The summed E-state index contributed by atoms with van der Waals surface area (Å²) in [6.45, 7) is 0.172. The van der Waals surface area contributed by atoms with E-state index in [0.29, 0.717) is 5.75 Å². The highest BCUT2D eigenvalue weighted by Gasteiger charge is 2.17. The van der Waals surface area contributed by atoms with Gasteiger partial charge in [0.05, 0.1) is 7.11 Å². The first-order valence-electron chi connectivity index (χ1n) is 6.55. The molecule has 2 rings (SSSR count). The number of hydrogen-bond acceptors (Lipinski definition) is 4. The van der Waals surface area contributed by atoms with Crippen molar-refractivity contribution in [2.24, 2.45) is 5.14 Å². The standard InChI is InChI=1S/C15H15FN2O4S/c1-22-13-5-3-2-4-11(13)9-18-15(19)10-6-7-12(16)14(8-10)23(17,20)21/h2-8H,9H2,1H3,(H,18,19)(H2,17,20,21). The molecule has 0 aromatic heterocycles. The molecular formula is C15H15FN2O4S. The van der Waals surface area contributed by atoms with E-state index in [1.54, 1.807) is 24.3 Å². The smallest absolute Gasteiger partial charge is 0.251 e. The third-order valence-electron chi connectivity index (χ3n) is 3.13. The predicted octanol–water partition coefficient (Wildman–Crippen LogP) is 1.41. The lowest BCUT2D eigenvalue weighted by atomic mass is 10.1. The Morgan fingerprint density at radius 1 is 1.26 bits per heavy atom. The molecule has 0 fully saturated rings. The molecule has 0 aliphatic carbocycles. The van der Waals surface area contributed by atoms with Crippen LogP contribution < -0.4 is 15.2 Å². The molecule has 3 N–H and O–H groups in total. The highest BCUT2D eigenvalue weighted by atomic mass is 32.2. The molecule has 1 amide bonds. The van der Waals surface area contributed by atoms with Crippen LogP contribution in [-0.4, -0.2) is 21.4 Å². The second kappa shape index (κ2) is 6.76. The molecule has 2 aromatic rings. The Bertz CT molecular complexity index is 837. The fraction of sp³-hybridized carbons (Fsp3) is 0.133. The Hall–Kier alpha value is -2.45. The zero-order chi connectivity index (χ0) is 17.0. The molecule has 0 unspecified atom stereocenters. The number of para-hydroxylation sites is 1. The first-order chi connectivity index (χ1) is 10.8. The molecule has 0 aliphatic heterocycles. The van der Waals surface area contributed by atoms with Gasteiger partial charge in [0, 0.05) is 17.7 Å². The summed E-state index contributed by atoms with van der Waals surface area (Å²) in [5, 5.41) is 7.52. The number of primary sulfonamides is 1. The van der Waals surface area contributed by atoms with Crippen LogP contribution in [0.4, 0.5) is 4.39 Å². The van der Waals surface area contributed by atoms with Crippen molar-refractivity contribution in [3.05, 3.63) is 59.4 Å². The number of rotatable bonds is 5. The number of amides is 1. The van der Waals surface area contributed by atoms with E-state index in [1.807, 2.05) is 0 Å². The lowest BCUT2D eigenvalue weighted by molar-refractivity contribution is 0.0950.